The van der Waals surface area contributed by atoms with Crippen molar-refractivity contribution < 1.29 is 14.6 Å². The predicted octanol–water partition coefficient (Wildman–Crippen LogP) is 2.23. The highest BCUT2D eigenvalue weighted by atomic mass is 35.5. The van der Waals surface area contributed by atoms with Gasteiger partial charge in [-0.1, -0.05) is 17.7 Å². The molecule has 0 spiro atoms. The second-order valence-electron chi connectivity index (χ2n) is 3.27. The van der Waals surface area contributed by atoms with Gasteiger partial charge < -0.3 is 9.84 Å². The highest BCUT2D eigenvalue weighted by Crippen LogP contribution is 2.19. The van der Waals surface area contributed by atoms with E-state index < -0.39 is 5.97 Å². The van der Waals surface area contributed by atoms with E-state index in [2.05, 4.69) is 5.10 Å². The average molecular weight is 253 g/mol. The van der Waals surface area contributed by atoms with E-state index in [0.717, 1.165) is 0 Å². The molecule has 1 heterocycles. The van der Waals surface area contributed by atoms with Gasteiger partial charge in [0.2, 0.25) is 5.88 Å². The number of rotatable bonds is 3. The summed E-state index contributed by atoms with van der Waals surface area (Å²) >= 11 is 5.85. The van der Waals surface area contributed by atoms with Gasteiger partial charge in [-0.3, -0.25) is 0 Å². The minimum atomic E-state index is -1.08. The number of ether oxygens (including phenoxy) is 1. The lowest BCUT2D eigenvalue weighted by molar-refractivity contribution is 0.0687. The Morgan fingerprint density at radius 2 is 2.24 bits per heavy atom. The van der Waals surface area contributed by atoms with Crippen molar-refractivity contribution in [2.24, 2.45) is 0 Å². The molecule has 0 atom stereocenters. The van der Waals surface area contributed by atoms with Crippen LogP contribution in [0.15, 0.2) is 30.3 Å². The van der Waals surface area contributed by atoms with Crippen LogP contribution in [0.5, 0.6) is 5.88 Å². The van der Waals surface area contributed by atoms with Crippen LogP contribution in [-0.2, 0) is 0 Å². The zero-order valence-electron chi connectivity index (χ0n) is 8.92. The van der Waals surface area contributed by atoms with Crippen LogP contribution >= 0.6 is 11.6 Å². The summed E-state index contributed by atoms with van der Waals surface area (Å²) in [6, 6.07) is 8.11. The van der Waals surface area contributed by atoms with Gasteiger partial charge in [-0.2, -0.15) is 0 Å². The van der Waals surface area contributed by atoms with E-state index in [9.17, 15) is 4.79 Å². The van der Waals surface area contributed by atoms with Crippen molar-refractivity contribution in [3.05, 3.63) is 41.0 Å². The highest BCUT2D eigenvalue weighted by molar-refractivity contribution is 6.30. The monoisotopic (exact) mass is 252 g/mol. The Labute approximate surface area is 102 Å². The van der Waals surface area contributed by atoms with Gasteiger partial charge in [0, 0.05) is 11.1 Å². The molecule has 0 aliphatic rings. The quantitative estimate of drug-likeness (QED) is 0.910. The molecule has 0 amide bonds. The van der Waals surface area contributed by atoms with Gasteiger partial charge >= 0.3 is 5.97 Å². The molecule has 0 unspecified atom stereocenters. The largest absolute Gasteiger partial charge is 0.480 e. The molecule has 0 bridgehead atoms. The number of aromatic nitrogens is 2. The molecule has 6 heteroatoms. The normalized spacial score (nSPS) is 10.2. The fourth-order valence-corrected chi connectivity index (χ4v) is 1.60. The highest BCUT2D eigenvalue weighted by Gasteiger charge is 2.16. The molecule has 88 valence electrons. The molecule has 1 aromatic heterocycles. The van der Waals surface area contributed by atoms with Gasteiger partial charge in [-0.05, 0) is 18.2 Å². The molecule has 1 aromatic carbocycles. The maximum absolute atomic E-state index is 11.1. The summed E-state index contributed by atoms with van der Waals surface area (Å²) in [6.45, 7) is 0. The van der Waals surface area contributed by atoms with Crippen molar-refractivity contribution in [2.75, 3.05) is 7.11 Å². The lowest BCUT2D eigenvalue weighted by atomic mass is 10.3. The minimum Gasteiger partial charge on any atom is -0.480 e. The van der Waals surface area contributed by atoms with Crippen LogP contribution in [0.3, 0.4) is 0 Å². The number of hydrogen-bond donors (Lipinski definition) is 1. The second-order valence-corrected chi connectivity index (χ2v) is 3.71. The summed E-state index contributed by atoms with van der Waals surface area (Å²) < 4.78 is 6.18. The van der Waals surface area contributed by atoms with Crippen LogP contribution in [0.1, 0.15) is 10.5 Å². The zero-order chi connectivity index (χ0) is 12.4. The van der Waals surface area contributed by atoms with E-state index in [1.807, 2.05) is 0 Å². The Hall–Kier alpha value is -2.01. The van der Waals surface area contributed by atoms with Gasteiger partial charge in [0.1, 0.15) is 0 Å². The first kappa shape index (κ1) is 11.5. The Bertz CT molecular complexity index is 566. The standard InChI is InChI=1S/C11H9ClN2O3/c1-17-10-6-9(11(15)16)14(13-10)8-4-2-3-7(12)5-8/h2-6H,1H3,(H,15,16). The van der Waals surface area contributed by atoms with E-state index in [1.165, 1.54) is 17.9 Å². The minimum absolute atomic E-state index is 0.0177. The first-order valence-corrected chi connectivity index (χ1v) is 5.13. The predicted molar refractivity (Wildman–Crippen MR) is 62.1 cm³/mol. The zero-order valence-corrected chi connectivity index (χ0v) is 9.68. The van der Waals surface area contributed by atoms with Crippen LogP contribution in [0.25, 0.3) is 5.69 Å². The molecule has 1 N–H and O–H groups in total. The van der Waals surface area contributed by atoms with E-state index in [-0.39, 0.29) is 11.6 Å². The summed E-state index contributed by atoms with van der Waals surface area (Å²) in [4.78, 5) is 11.1. The molecule has 0 saturated carbocycles. The first-order chi connectivity index (χ1) is 8.11. The Kier molecular flexibility index (Phi) is 3.01. The van der Waals surface area contributed by atoms with Gasteiger partial charge in [-0.15, -0.1) is 5.10 Å². The first-order valence-electron chi connectivity index (χ1n) is 4.75. The molecule has 5 nitrogen and oxygen atoms in total. The van der Waals surface area contributed by atoms with Crippen LogP contribution in [-0.4, -0.2) is 28.0 Å². The molecule has 2 aromatic rings. The summed E-state index contributed by atoms with van der Waals surface area (Å²) in [5.74, 6) is -0.844. The summed E-state index contributed by atoms with van der Waals surface area (Å²) in [6.07, 6.45) is 0. The number of benzene rings is 1. The van der Waals surface area contributed by atoms with Crippen molar-refractivity contribution in [1.82, 2.24) is 9.78 Å². The van der Waals surface area contributed by atoms with Crippen LogP contribution in [0.4, 0.5) is 0 Å². The van der Waals surface area contributed by atoms with Crippen molar-refractivity contribution >= 4 is 17.6 Å². The number of hydrogen-bond acceptors (Lipinski definition) is 3. The fourth-order valence-electron chi connectivity index (χ4n) is 1.42. The number of nitrogens with zero attached hydrogens (tertiary/aromatic N) is 2. The van der Waals surface area contributed by atoms with Crippen LogP contribution < -0.4 is 4.74 Å². The van der Waals surface area contributed by atoms with Gasteiger partial charge in [0.05, 0.1) is 12.8 Å². The van der Waals surface area contributed by atoms with Crippen LogP contribution in [0, 0.1) is 0 Å². The Morgan fingerprint density at radius 1 is 1.47 bits per heavy atom. The molecule has 0 aliphatic carbocycles. The third kappa shape index (κ3) is 2.24. The molecule has 2 rings (SSSR count). The molecular weight excluding hydrogens is 244 g/mol. The molecule has 0 saturated heterocycles. The molecule has 0 aliphatic heterocycles. The number of carboxylic acids is 1. The summed E-state index contributed by atoms with van der Waals surface area (Å²) in [5.41, 5.74) is 0.585. The SMILES string of the molecule is COc1cc(C(=O)O)n(-c2cccc(Cl)c2)n1. The second kappa shape index (κ2) is 4.47. The average Bonchev–Trinajstić information content (AvgIpc) is 2.73. The van der Waals surface area contributed by atoms with Crippen molar-refractivity contribution in [2.45, 2.75) is 0 Å². The van der Waals surface area contributed by atoms with Gasteiger partial charge in [0.25, 0.3) is 0 Å². The number of halogens is 1. The number of carboxylic acid groups (broad SMARTS) is 1. The van der Waals surface area contributed by atoms with E-state index in [4.69, 9.17) is 21.4 Å². The van der Waals surface area contributed by atoms with Crippen molar-refractivity contribution in [3.8, 4) is 11.6 Å². The topological polar surface area (TPSA) is 64.3 Å². The third-order valence-corrected chi connectivity index (χ3v) is 2.40. The molecular formula is C11H9ClN2O3. The van der Waals surface area contributed by atoms with E-state index >= 15 is 0 Å². The van der Waals surface area contributed by atoms with Crippen molar-refractivity contribution in [1.29, 1.82) is 0 Å². The van der Waals surface area contributed by atoms with Gasteiger partial charge in [-0.25, -0.2) is 9.48 Å². The maximum atomic E-state index is 11.1. The summed E-state index contributed by atoms with van der Waals surface area (Å²) in [7, 11) is 1.43. The lowest BCUT2D eigenvalue weighted by Gasteiger charge is -2.03. The Balaban J connectivity index is 2.57. The molecule has 0 fully saturated rings. The fraction of sp³-hybridized carbons (Fsp3) is 0.0909. The molecule has 17 heavy (non-hydrogen) atoms. The van der Waals surface area contributed by atoms with Gasteiger partial charge in [0.15, 0.2) is 5.69 Å². The Morgan fingerprint density at radius 3 is 2.82 bits per heavy atom. The smallest absolute Gasteiger partial charge is 0.354 e. The van der Waals surface area contributed by atoms with Crippen molar-refractivity contribution in [3.63, 3.8) is 0 Å². The number of methoxy groups -OCH3 is 1. The molecule has 0 radical (unpaired) electrons. The third-order valence-electron chi connectivity index (χ3n) is 2.17. The number of aromatic carboxylic acids is 1. The van der Waals surface area contributed by atoms with E-state index in [1.54, 1.807) is 24.3 Å². The number of carbonyl (C=O) groups is 1. The lowest BCUT2D eigenvalue weighted by Crippen LogP contribution is -2.07. The van der Waals surface area contributed by atoms with Crippen LogP contribution in [0.2, 0.25) is 5.02 Å². The maximum Gasteiger partial charge on any atom is 0.354 e. The summed E-state index contributed by atoms with van der Waals surface area (Å²) in [5, 5.41) is 13.6. The van der Waals surface area contributed by atoms with E-state index in [0.29, 0.717) is 10.7 Å².